The van der Waals surface area contributed by atoms with Gasteiger partial charge in [0, 0.05) is 25.4 Å². The number of aromatic amines is 1. The number of carbonyl (C=O) groups is 1. The van der Waals surface area contributed by atoms with Gasteiger partial charge in [-0.25, -0.2) is 4.98 Å². The molecule has 5 N–H and O–H groups in total. The van der Waals surface area contributed by atoms with E-state index in [1.807, 2.05) is 6.92 Å². The zero-order valence-corrected chi connectivity index (χ0v) is 10.4. The van der Waals surface area contributed by atoms with Crippen LogP contribution >= 0.6 is 0 Å². The average Bonchev–Trinajstić information content (AvgIpc) is 2.88. The van der Waals surface area contributed by atoms with Crippen LogP contribution in [0.15, 0.2) is 17.5 Å². The molecule has 0 aliphatic carbocycles. The third-order valence-electron chi connectivity index (χ3n) is 2.64. The van der Waals surface area contributed by atoms with E-state index >= 15 is 0 Å². The Kier molecular flexibility index (Phi) is 5.69. The molecule has 1 heterocycles. The number of nitrogens with one attached hydrogen (secondary N) is 2. The Balaban J connectivity index is 2.27. The van der Waals surface area contributed by atoms with Crippen LogP contribution in [0.4, 0.5) is 0 Å². The number of aromatic nitrogens is 2. The number of nitrogens with zero attached hydrogens (tertiary/aromatic N) is 2. The summed E-state index contributed by atoms with van der Waals surface area (Å²) in [5.74, 6) is 0.0552. The zero-order chi connectivity index (χ0) is 13.4. The molecule has 7 heteroatoms. The van der Waals surface area contributed by atoms with Gasteiger partial charge >= 0.3 is 0 Å². The van der Waals surface area contributed by atoms with Gasteiger partial charge in [-0.1, -0.05) is 12.1 Å². The second-order valence-corrected chi connectivity index (χ2v) is 3.92. The Hall–Kier alpha value is -2.05. The molecule has 0 radical (unpaired) electrons. The van der Waals surface area contributed by atoms with Crippen molar-refractivity contribution in [1.29, 1.82) is 0 Å². The molecule has 0 aliphatic rings. The van der Waals surface area contributed by atoms with E-state index in [0.29, 0.717) is 13.0 Å². The number of imidazole rings is 1. The first-order valence-corrected chi connectivity index (χ1v) is 5.92. The minimum Gasteiger partial charge on any atom is -0.409 e. The standard InChI is InChI=1S/C11H19N5O2/c1-2-8(10(12)16-18)11(17)15-5-3-4-9-13-6-7-14-9/h6-8,18H,2-5H2,1H3,(H2,12,16)(H,13,14)(H,15,17). The SMILES string of the molecule is CCC(C(=O)NCCCc1ncc[nH]1)/C(N)=N/O. The Morgan fingerprint density at radius 3 is 3.06 bits per heavy atom. The molecule has 18 heavy (non-hydrogen) atoms. The molecular weight excluding hydrogens is 234 g/mol. The second-order valence-electron chi connectivity index (χ2n) is 3.92. The first-order chi connectivity index (χ1) is 8.69. The highest BCUT2D eigenvalue weighted by molar-refractivity contribution is 6.01. The van der Waals surface area contributed by atoms with Crippen molar-refractivity contribution in [1.82, 2.24) is 15.3 Å². The van der Waals surface area contributed by atoms with E-state index in [4.69, 9.17) is 10.9 Å². The van der Waals surface area contributed by atoms with Crippen LogP contribution < -0.4 is 11.1 Å². The molecule has 1 amide bonds. The van der Waals surface area contributed by atoms with Gasteiger partial charge < -0.3 is 21.2 Å². The number of H-pyrrole nitrogens is 1. The lowest BCUT2D eigenvalue weighted by atomic mass is 10.0. The number of amidine groups is 1. The van der Waals surface area contributed by atoms with Gasteiger partial charge in [0.25, 0.3) is 0 Å². The predicted octanol–water partition coefficient (Wildman–Crippen LogP) is 0.231. The third-order valence-corrected chi connectivity index (χ3v) is 2.64. The minimum absolute atomic E-state index is 0.0546. The van der Waals surface area contributed by atoms with E-state index in [0.717, 1.165) is 18.7 Å². The topological polar surface area (TPSA) is 116 Å². The van der Waals surface area contributed by atoms with E-state index in [1.165, 1.54) is 0 Å². The molecule has 0 bridgehead atoms. The van der Waals surface area contributed by atoms with Crippen molar-refractivity contribution >= 4 is 11.7 Å². The number of amides is 1. The maximum atomic E-state index is 11.7. The van der Waals surface area contributed by atoms with Gasteiger partial charge in [-0.05, 0) is 12.8 Å². The van der Waals surface area contributed by atoms with Crippen LogP contribution in [0.5, 0.6) is 0 Å². The monoisotopic (exact) mass is 253 g/mol. The summed E-state index contributed by atoms with van der Waals surface area (Å²) >= 11 is 0. The first-order valence-electron chi connectivity index (χ1n) is 5.92. The van der Waals surface area contributed by atoms with Gasteiger partial charge in [0.1, 0.15) is 5.82 Å². The summed E-state index contributed by atoms with van der Waals surface area (Å²) in [4.78, 5) is 18.8. The van der Waals surface area contributed by atoms with Crippen LogP contribution in [0.3, 0.4) is 0 Å². The van der Waals surface area contributed by atoms with Crippen molar-refractivity contribution < 1.29 is 10.0 Å². The van der Waals surface area contributed by atoms with Crippen LogP contribution in [0.25, 0.3) is 0 Å². The van der Waals surface area contributed by atoms with E-state index in [1.54, 1.807) is 12.4 Å². The molecular formula is C11H19N5O2. The fourth-order valence-corrected chi connectivity index (χ4v) is 1.62. The molecule has 0 fully saturated rings. The van der Waals surface area contributed by atoms with E-state index in [2.05, 4.69) is 20.4 Å². The van der Waals surface area contributed by atoms with E-state index < -0.39 is 5.92 Å². The lowest BCUT2D eigenvalue weighted by molar-refractivity contribution is -0.123. The molecule has 1 aromatic rings. The van der Waals surface area contributed by atoms with Gasteiger partial charge in [0.2, 0.25) is 5.91 Å². The molecule has 7 nitrogen and oxygen atoms in total. The fraction of sp³-hybridized carbons (Fsp3) is 0.545. The Labute approximate surface area is 105 Å². The van der Waals surface area contributed by atoms with Gasteiger partial charge in [-0.2, -0.15) is 0 Å². The largest absolute Gasteiger partial charge is 0.409 e. The molecule has 0 aliphatic heterocycles. The number of carbonyl (C=O) groups excluding carboxylic acids is 1. The summed E-state index contributed by atoms with van der Waals surface area (Å²) in [5.41, 5.74) is 5.43. The molecule has 0 spiro atoms. The van der Waals surface area contributed by atoms with E-state index in [-0.39, 0.29) is 11.7 Å². The van der Waals surface area contributed by atoms with Crippen LogP contribution in [-0.2, 0) is 11.2 Å². The van der Waals surface area contributed by atoms with Gasteiger partial charge in [-0.15, -0.1) is 0 Å². The molecule has 100 valence electrons. The summed E-state index contributed by atoms with van der Waals surface area (Å²) in [5, 5.41) is 14.2. The summed E-state index contributed by atoms with van der Waals surface area (Å²) in [6.07, 6.45) is 5.51. The Morgan fingerprint density at radius 2 is 2.50 bits per heavy atom. The fourth-order valence-electron chi connectivity index (χ4n) is 1.62. The van der Waals surface area contributed by atoms with Crippen LogP contribution in [0.2, 0.25) is 0 Å². The molecule has 1 rings (SSSR count). The Morgan fingerprint density at radius 1 is 1.72 bits per heavy atom. The zero-order valence-electron chi connectivity index (χ0n) is 10.4. The number of rotatable bonds is 7. The third kappa shape index (κ3) is 4.08. The minimum atomic E-state index is -0.571. The lowest BCUT2D eigenvalue weighted by Crippen LogP contribution is -2.39. The number of oxime groups is 1. The van der Waals surface area contributed by atoms with Crippen molar-refractivity contribution in [3.8, 4) is 0 Å². The highest BCUT2D eigenvalue weighted by Crippen LogP contribution is 2.03. The summed E-state index contributed by atoms with van der Waals surface area (Å²) < 4.78 is 0. The normalized spacial score (nSPS) is 13.3. The highest BCUT2D eigenvalue weighted by atomic mass is 16.4. The molecule has 1 unspecified atom stereocenters. The maximum Gasteiger partial charge on any atom is 0.230 e. The van der Waals surface area contributed by atoms with Crippen LogP contribution in [0, 0.1) is 5.92 Å². The van der Waals surface area contributed by atoms with Crippen molar-refractivity contribution in [3.05, 3.63) is 18.2 Å². The van der Waals surface area contributed by atoms with Gasteiger partial charge in [-0.3, -0.25) is 4.79 Å². The molecule has 0 saturated heterocycles. The molecule has 1 atom stereocenters. The Bertz CT molecular complexity index is 388. The van der Waals surface area contributed by atoms with Crippen molar-refractivity contribution in [2.75, 3.05) is 6.54 Å². The lowest BCUT2D eigenvalue weighted by Gasteiger charge is -2.13. The number of hydrogen-bond donors (Lipinski definition) is 4. The number of aryl methyl sites for hydroxylation is 1. The second kappa shape index (κ2) is 7.31. The number of nitrogens with two attached hydrogens (primary N) is 1. The number of hydrogen-bond acceptors (Lipinski definition) is 4. The molecule has 0 aromatic carbocycles. The summed E-state index contributed by atoms with van der Waals surface area (Å²) in [6, 6.07) is 0. The quantitative estimate of drug-likeness (QED) is 0.183. The van der Waals surface area contributed by atoms with E-state index in [9.17, 15) is 4.79 Å². The summed E-state index contributed by atoms with van der Waals surface area (Å²) in [6.45, 7) is 2.35. The van der Waals surface area contributed by atoms with Crippen molar-refractivity contribution in [2.24, 2.45) is 16.8 Å². The molecule has 0 saturated carbocycles. The van der Waals surface area contributed by atoms with Crippen molar-refractivity contribution in [3.63, 3.8) is 0 Å². The first kappa shape index (κ1) is 14.0. The van der Waals surface area contributed by atoms with Gasteiger partial charge in [0.15, 0.2) is 5.84 Å². The highest BCUT2D eigenvalue weighted by Gasteiger charge is 2.20. The van der Waals surface area contributed by atoms with Gasteiger partial charge in [0.05, 0.1) is 5.92 Å². The van der Waals surface area contributed by atoms with Crippen LogP contribution in [-0.4, -0.2) is 33.5 Å². The molecule has 1 aromatic heterocycles. The van der Waals surface area contributed by atoms with Crippen LogP contribution in [0.1, 0.15) is 25.6 Å². The maximum absolute atomic E-state index is 11.7. The van der Waals surface area contributed by atoms with Crippen molar-refractivity contribution in [2.45, 2.75) is 26.2 Å². The predicted molar refractivity (Wildman–Crippen MR) is 67.1 cm³/mol. The average molecular weight is 253 g/mol. The smallest absolute Gasteiger partial charge is 0.230 e. The summed E-state index contributed by atoms with van der Waals surface area (Å²) in [7, 11) is 0.